The molecule has 3 N–H and O–H groups in total. The van der Waals surface area contributed by atoms with Gasteiger partial charge in [-0.2, -0.15) is 0 Å². The van der Waals surface area contributed by atoms with Crippen molar-refractivity contribution in [1.29, 1.82) is 0 Å². The number of carboxylic acids is 1. The zero-order chi connectivity index (χ0) is 15.0. The number of rotatable bonds is 8. The van der Waals surface area contributed by atoms with E-state index in [0.717, 1.165) is 12.8 Å². The normalized spacial score (nSPS) is 20.1. The summed E-state index contributed by atoms with van der Waals surface area (Å²) >= 11 is 0. The van der Waals surface area contributed by atoms with Crippen molar-refractivity contribution in [3.63, 3.8) is 0 Å². The van der Waals surface area contributed by atoms with Gasteiger partial charge < -0.3 is 15.7 Å². The van der Waals surface area contributed by atoms with Gasteiger partial charge in [-0.1, -0.05) is 13.3 Å². The molecule has 2 amide bonds. The van der Waals surface area contributed by atoms with Gasteiger partial charge >= 0.3 is 5.97 Å². The van der Waals surface area contributed by atoms with E-state index >= 15 is 0 Å². The van der Waals surface area contributed by atoms with E-state index in [4.69, 9.17) is 5.11 Å². The molecule has 0 saturated carbocycles. The van der Waals surface area contributed by atoms with Crippen molar-refractivity contribution < 1.29 is 19.5 Å². The van der Waals surface area contributed by atoms with Gasteiger partial charge in [0, 0.05) is 25.9 Å². The molecule has 1 aliphatic heterocycles. The molecule has 2 unspecified atom stereocenters. The largest absolute Gasteiger partial charge is 0.481 e. The zero-order valence-corrected chi connectivity index (χ0v) is 12.0. The highest BCUT2D eigenvalue weighted by atomic mass is 16.4. The fraction of sp³-hybridized carbons (Fsp3) is 0.786. The van der Waals surface area contributed by atoms with Crippen LogP contribution in [0.2, 0.25) is 0 Å². The predicted octanol–water partition coefficient (Wildman–Crippen LogP) is 0.910. The van der Waals surface area contributed by atoms with Crippen LogP contribution in [0.5, 0.6) is 0 Å². The third-order valence-corrected chi connectivity index (χ3v) is 3.83. The fourth-order valence-electron chi connectivity index (χ4n) is 2.38. The lowest BCUT2D eigenvalue weighted by atomic mass is 9.95. The van der Waals surface area contributed by atoms with Crippen LogP contribution in [0.15, 0.2) is 0 Å². The quantitative estimate of drug-likeness (QED) is 0.617. The second-order valence-corrected chi connectivity index (χ2v) is 5.33. The number of nitrogens with one attached hydrogen (secondary N) is 2. The maximum absolute atomic E-state index is 11.9. The van der Waals surface area contributed by atoms with Crippen molar-refractivity contribution in [3.8, 4) is 0 Å². The summed E-state index contributed by atoms with van der Waals surface area (Å²) in [7, 11) is 0. The van der Waals surface area contributed by atoms with Crippen LogP contribution in [0.3, 0.4) is 0 Å². The first kappa shape index (κ1) is 16.5. The number of hydrogen-bond donors (Lipinski definition) is 3. The van der Waals surface area contributed by atoms with E-state index in [-0.39, 0.29) is 24.2 Å². The molecule has 0 aliphatic carbocycles. The lowest BCUT2D eigenvalue weighted by molar-refractivity contribution is -0.137. The lowest BCUT2D eigenvalue weighted by Crippen LogP contribution is -2.43. The monoisotopic (exact) mass is 284 g/mol. The summed E-state index contributed by atoms with van der Waals surface area (Å²) in [6, 6.07) is 0. The molecule has 1 heterocycles. The summed E-state index contributed by atoms with van der Waals surface area (Å²) < 4.78 is 0. The first-order chi connectivity index (χ1) is 9.52. The van der Waals surface area contributed by atoms with Crippen molar-refractivity contribution in [2.24, 2.45) is 11.8 Å². The van der Waals surface area contributed by atoms with Crippen LogP contribution in [0.4, 0.5) is 0 Å². The Hall–Kier alpha value is -1.59. The number of amides is 2. The maximum atomic E-state index is 11.9. The highest BCUT2D eigenvalue weighted by molar-refractivity contribution is 5.83. The van der Waals surface area contributed by atoms with Gasteiger partial charge in [-0.05, 0) is 25.2 Å². The van der Waals surface area contributed by atoms with Crippen LogP contribution >= 0.6 is 0 Å². The Morgan fingerprint density at radius 2 is 2.20 bits per heavy atom. The summed E-state index contributed by atoms with van der Waals surface area (Å²) in [4.78, 5) is 33.4. The highest BCUT2D eigenvalue weighted by Crippen LogP contribution is 2.15. The maximum Gasteiger partial charge on any atom is 0.303 e. The zero-order valence-electron chi connectivity index (χ0n) is 12.0. The third kappa shape index (κ3) is 6.04. The lowest BCUT2D eigenvalue weighted by Gasteiger charge is -2.22. The topological polar surface area (TPSA) is 95.5 Å². The van der Waals surface area contributed by atoms with Gasteiger partial charge in [0.25, 0.3) is 0 Å². The molecule has 1 rings (SSSR count). The predicted molar refractivity (Wildman–Crippen MR) is 74.0 cm³/mol. The molecule has 0 bridgehead atoms. The Morgan fingerprint density at radius 1 is 1.45 bits per heavy atom. The van der Waals surface area contributed by atoms with Gasteiger partial charge in [0.05, 0.1) is 5.92 Å². The number of hydrogen-bond acceptors (Lipinski definition) is 3. The molecule has 0 aromatic rings. The molecule has 6 nitrogen and oxygen atoms in total. The van der Waals surface area contributed by atoms with Gasteiger partial charge in [-0.25, -0.2) is 0 Å². The van der Waals surface area contributed by atoms with Crippen molar-refractivity contribution in [2.75, 3.05) is 13.1 Å². The second-order valence-electron chi connectivity index (χ2n) is 5.33. The van der Waals surface area contributed by atoms with Crippen molar-refractivity contribution in [2.45, 2.75) is 45.4 Å². The molecule has 114 valence electrons. The molecule has 1 aliphatic rings. The summed E-state index contributed by atoms with van der Waals surface area (Å²) in [5.74, 6) is -0.582. The summed E-state index contributed by atoms with van der Waals surface area (Å²) in [6.07, 6.45) is 3.57. The molecule has 6 heteroatoms. The Labute approximate surface area is 119 Å². The molecule has 1 saturated heterocycles. The SMILES string of the molecule is CCC(CCNC(=O)C1CCC(=O)NC1)CCC(=O)O. The Bertz CT molecular complexity index is 347. The van der Waals surface area contributed by atoms with Crippen molar-refractivity contribution in [3.05, 3.63) is 0 Å². The summed E-state index contributed by atoms with van der Waals surface area (Å²) in [5, 5.41) is 14.2. The minimum atomic E-state index is -0.773. The average Bonchev–Trinajstić information content (AvgIpc) is 2.42. The average molecular weight is 284 g/mol. The number of carbonyl (C=O) groups is 3. The van der Waals surface area contributed by atoms with Crippen LogP contribution in [0.1, 0.15) is 45.4 Å². The highest BCUT2D eigenvalue weighted by Gasteiger charge is 2.24. The van der Waals surface area contributed by atoms with Crippen LogP contribution in [0.25, 0.3) is 0 Å². The van der Waals surface area contributed by atoms with Crippen LogP contribution in [-0.2, 0) is 14.4 Å². The van der Waals surface area contributed by atoms with E-state index in [1.165, 1.54) is 0 Å². The van der Waals surface area contributed by atoms with Crippen molar-refractivity contribution >= 4 is 17.8 Å². The Morgan fingerprint density at radius 3 is 2.75 bits per heavy atom. The van der Waals surface area contributed by atoms with Gasteiger partial charge in [0.15, 0.2) is 0 Å². The van der Waals surface area contributed by atoms with Crippen LogP contribution < -0.4 is 10.6 Å². The molecule has 2 atom stereocenters. The number of carboxylic acid groups (broad SMARTS) is 1. The van der Waals surface area contributed by atoms with E-state index in [0.29, 0.717) is 38.3 Å². The van der Waals surface area contributed by atoms with Gasteiger partial charge in [-0.15, -0.1) is 0 Å². The Kier molecular flexibility index (Phi) is 7.04. The van der Waals surface area contributed by atoms with E-state index in [1.54, 1.807) is 0 Å². The van der Waals surface area contributed by atoms with Gasteiger partial charge in [0.2, 0.25) is 11.8 Å². The van der Waals surface area contributed by atoms with E-state index < -0.39 is 5.97 Å². The summed E-state index contributed by atoms with van der Waals surface area (Å²) in [5.41, 5.74) is 0. The standard InChI is InChI=1S/C14H24N2O4/c1-2-10(3-6-13(18)19)7-8-15-14(20)11-4-5-12(17)16-9-11/h10-11H,2-9H2,1H3,(H,15,20)(H,16,17)(H,18,19). The first-order valence-corrected chi connectivity index (χ1v) is 7.29. The molecule has 1 fully saturated rings. The minimum absolute atomic E-state index is 0.00812. The number of carbonyl (C=O) groups excluding carboxylic acids is 2. The van der Waals surface area contributed by atoms with E-state index in [1.807, 2.05) is 6.92 Å². The molecular formula is C14H24N2O4. The van der Waals surface area contributed by atoms with Gasteiger partial charge in [-0.3, -0.25) is 14.4 Å². The second kappa shape index (κ2) is 8.55. The van der Waals surface area contributed by atoms with E-state index in [2.05, 4.69) is 10.6 Å². The number of piperidine rings is 1. The summed E-state index contributed by atoms with van der Waals surface area (Å²) in [6.45, 7) is 3.02. The molecular weight excluding hydrogens is 260 g/mol. The molecule has 0 aromatic carbocycles. The number of aliphatic carboxylic acids is 1. The van der Waals surface area contributed by atoms with Crippen molar-refractivity contribution in [1.82, 2.24) is 10.6 Å². The van der Waals surface area contributed by atoms with Crippen LogP contribution in [0, 0.1) is 11.8 Å². The molecule has 0 radical (unpaired) electrons. The molecule has 0 spiro atoms. The smallest absolute Gasteiger partial charge is 0.303 e. The third-order valence-electron chi connectivity index (χ3n) is 3.83. The molecule has 0 aromatic heterocycles. The minimum Gasteiger partial charge on any atom is -0.481 e. The first-order valence-electron chi connectivity index (χ1n) is 7.29. The van der Waals surface area contributed by atoms with Crippen LogP contribution in [-0.4, -0.2) is 36.0 Å². The molecule has 20 heavy (non-hydrogen) atoms. The Balaban J connectivity index is 2.19. The fourth-order valence-corrected chi connectivity index (χ4v) is 2.38. The van der Waals surface area contributed by atoms with E-state index in [9.17, 15) is 14.4 Å². The van der Waals surface area contributed by atoms with Gasteiger partial charge in [0.1, 0.15) is 0 Å².